The molecule has 2 aromatic rings. The number of hydrogen-bond donors (Lipinski definition) is 2. The second kappa shape index (κ2) is 5.24. The number of hydrogen-bond acceptors (Lipinski definition) is 4. The number of aromatic nitrogens is 2. The van der Waals surface area contributed by atoms with Gasteiger partial charge in [0.2, 0.25) is 5.95 Å². The lowest BCUT2D eigenvalue weighted by atomic mass is 10.1. The van der Waals surface area contributed by atoms with Crippen molar-refractivity contribution >= 4 is 24.2 Å². The molecule has 0 fully saturated rings. The van der Waals surface area contributed by atoms with E-state index in [-0.39, 0.29) is 18.2 Å². The first-order valence-corrected chi connectivity index (χ1v) is 5.73. The summed E-state index contributed by atoms with van der Waals surface area (Å²) < 4.78 is 0. The van der Waals surface area contributed by atoms with Crippen LogP contribution in [0.1, 0.15) is 16.8 Å². The van der Waals surface area contributed by atoms with Crippen molar-refractivity contribution in [3.63, 3.8) is 0 Å². The molecule has 1 aromatic heterocycles. The maximum Gasteiger partial charge on any atom is 0.226 e. The molecule has 1 aromatic carbocycles. The van der Waals surface area contributed by atoms with Crippen molar-refractivity contribution in [2.24, 2.45) is 5.73 Å². The minimum absolute atomic E-state index is 0. The molecule has 0 saturated heterocycles. The summed E-state index contributed by atoms with van der Waals surface area (Å²) in [6, 6.07) is 9.95. The van der Waals surface area contributed by atoms with Crippen LogP contribution < -0.4 is 10.6 Å². The first-order valence-electron chi connectivity index (χ1n) is 5.73. The lowest BCUT2D eigenvalue weighted by molar-refractivity contribution is 0.826. The molecule has 1 aliphatic rings. The molecular weight excluding hydrogens is 262 g/mol. The molecule has 0 spiro atoms. The molecule has 2 heterocycles. The van der Waals surface area contributed by atoms with Crippen LogP contribution in [0.2, 0.25) is 0 Å². The Morgan fingerprint density at radius 1 is 1.16 bits per heavy atom. The molecule has 5 nitrogen and oxygen atoms in total. The monoisotopic (exact) mass is 275 g/mol. The molecule has 0 atom stereocenters. The molecule has 0 radical (unpaired) electrons. The molecular formula is C13H14ClN5. The third kappa shape index (κ3) is 2.51. The number of benzene rings is 1. The predicted molar refractivity (Wildman–Crippen MR) is 76.6 cm³/mol. The molecule has 3 rings (SSSR count). The van der Waals surface area contributed by atoms with E-state index in [2.05, 4.69) is 27.0 Å². The van der Waals surface area contributed by atoms with Gasteiger partial charge in [0.15, 0.2) is 0 Å². The third-order valence-corrected chi connectivity index (χ3v) is 3.04. The van der Waals surface area contributed by atoms with Gasteiger partial charge < -0.3 is 10.6 Å². The van der Waals surface area contributed by atoms with Crippen LogP contribution in [0.15, 0.2) is 36.5 Å². The molecule has 0 unspecified atom stereocenters. The zero-order valence-corrected chi connectivity index (χ0v) is 11.0. The van der Waals surface area contributed by atoms with Gasteiger partial charge in [0.25, 0.3) is 0 Å². The zero-order valence-electron chi connectivity index (χ0n) is 10.2. The summed E-state index contributed by atoms with van der Waals surface area (Å²) in [5, 5.41) is 7.40. The van der Waals surface area contributed by atoms with Gasteiger partial charge in [-0.3, -0.25) is 5.41 Å². The molecule has 98 valence electrons. The van der Waals surface area contributed by atoms with Crippen molar-refractivity contribution in [2.45, 2.75) is 13.1 Å². The van der Waals surface area contributed by atoms with Gasteiger partial charge in [0.1, 0.15) is 11.5 Å². The summed E-state index contributed by atoms with van der Waals surface area (Å²) >= 11 is 0. The van der Waals surface area contributed by atoms with Gasteiger partial charge in [0.05, 0.1) is 0 Å². The Balaban J connectivity index is 0.00000133. The highest BCUT2D eigenvalue weighted by molar-refractivity contribution is 5.93. The highest BCUT2D eigenvalue weighted by Gasteiger charge is 2.20. The van der Waals surface area contributed by atoms with Crippen molar-refractivity contribution in [1.82, 2.24) is 9.97 Å². The van der Waals surface area contributed by atoms with Crippen LogP contribution in [0, 0.1) is 5.41 Å². The van der Waals surface area contributed by atoms with E-state index in [0.29, 0.717) is 11.6 Å². The van der Waals surface area contributed by atoms with Crippen molar-refractivity contribution in [1.29, 1.82) is 5.41 Å². The zero-order chi connectivity index (χ0) is 12.5. The van der Waals surface area contributed by atoms with Gasteiger partial charge in [0, 0.05) is 19.3 Å². The van der Waals surface area contributed by atoms with Crippen LogP contribution in [0.4, 0.5) is 5.95 Å². The number of amidine groups is 1. The van der Waals surface area contributed by atoms with Crippen LogP contribution in [0.3, 0.4) is 0 Å². The minimum atomic E-state index is -0.0321. The fourth-order valence-corrected chi connectivity index (χ4v) is 2.13. The number of nitrogens with one attached hydrogen (secondary N) is 1. The molecule has 1 aliphatic heterocycles. The van der Waals surface area contributed by atoms with Gasteiger partial charge in [-0.25, -0.2) is 9.97 Å². The fourth-order valence-electron chi connectivity index (χ4n) is 2.13. The summed E-state index contributed by atoms with van der Waals surface area (Å²) in [5.74, 6) is 0.592. The summed E-state index contributed by atoms with van der Waals surface area (Å²) in [6.45, 7) is 1.61. The maximum absolute atomic E-state index is 7.40. The van der Waals surface area contributed by atoms with Crippen LogP contribution in [0.25, 0.3) is 0 Å². The van der Waals surface area contributed by atoms with Gasteiger partial charge in [-0.05, 0) is 17.2 Å². The topological polar surface area (TPSA) is 78.9 Å². The molecule has 19 heavy (non-hydrogen) atoms. The number of halogens is 1. The highest BCUT2D eigenvalue weighted by Crippen LogP contribution is 2.25. The molecule has 0 aliphatic carbocycles. The summed E-state index contributed by atoms with van der Waals surface area (Å²) in [7, 11) is 0. The van der Waals surface area contributed by atoms with E-state index < -0.39 is 0 Å². The quantitative estimate of drug-likeness (QED) is 0.646. The Morgan fingerprint density at radius 3 is 2.37 bits per heavy atom. The lowest BCUT2D eigenvalue weighted by Crippen LogP contribution is -2.20. The maximum atomic E-state index is 7.40. The normalized spacial score (nSPS) is 12.7. The second-order valence-corrected chi connectivity index (χ2v) is 4.28. The number of nitrogens with two attached hydrogens (primary N) is 1. The van der Waals surface area contributed by atoms with Gasteiger partial charge in [-0.2, -0.15) is 0 Å². The van der Waals surface area contributed by atoms with Crippen LogP contribution in [0.5, 0.6) is 0 Å². The number of nitrogens with zero attached hydrogens (tertiary/aromatic N) is 3. The van der Waals surface area contributed by atoms with E-state index in [4.69, 9.17) is 11.1 Å². The molecule has 6 heteroatoms. The van der Waals surface area contributed by atoms with E-state index in [0.717, 1.165) is 13.1 Å². The predicted octanol–water partition coefficient (Wildman–Crippen LogP) is 1.70. The average molecular weight is 276 g/mol. The Labute approximate surface area is 117 Å². The molecule has 0 saturated carbocycles. The summed E-state index contributed by atoms with van der Waals surface area (Å²) in [6.07, 6.45) is 1.64. The van der Waals surface area contributed by atoms with Crippen LogP contribution in [-0.4, -0.2) is 15.8 Å². The smallest absolute Gasteiger partial charge is 0.226 e. The number of fused-ring (bicyclic) bond motifs is 1. The third-order valence-electron chi connectivity index (χ3n) is 3.04. The van der Waals surface area contributed by atoms with Crippen molar-refractivity contribution in [2.75, 3.05) is 4.90 Å². The average Bonchev–Trinajstić information content (AvgIpc) is 2.82. The van der Waals surface area contributed by atoms with Crippen molar-refractivity contribution < 1.29 is 0 Å². The van der Waals surface area contributed by atoms with E-state index in [9.17, 15) is 0 Å². The fraction of sp³-hybridized carbons (Fsp3) is 0.154. The van der Waals surface area contributed by atoms with E-state index in [1.807, 2.05) is 12.1 Å². The van der Waals surface area contributed by atoms with Crippen molar-refractivity contribution in [3.8, 4) is 0 Å². The molecule has 3 N–H and O–H groups in total. The molecule has 0 bridgehead atoms. The first-order chi connectivity index (χ1) is 8.74. The van der Waals surface area contributed by atoms with Gasteiger partial charge in [-0.1, -0.05) is 24.3 Å². The minimum Gasteiger partial charge on any atom is -0.382 e. The Morgan fingerprint density at radius 2 is 1.79 bits per heavy atom. The second-order valence-electron chi connectivity index (χ2n) is 4.28. The summed E-state index contributed by atoms with van der Waals surface area (Å²) in [5.41, 5.74) is 8.51. The Kier molecular flexibility index (Phi) is 3.66. The lowest BCUT2D eigenvalue weighted by Gasteiger charge is -2.15. The first kappa shape index (κ1) is 13.3. The largest absolute Gasteiger partial charge is 0.382 e. The summed E-state index contributed by atoms with van der Waals surface area (Å²) in [4.78, 5) is 10.6. The van der Waals surface area contributed by atoms with Gasteiger partial charge >= 0.3 is 0 Å². The number of nitrogen functional groups attached to an aromatic ring is 1. The number of anilines is 1. The Bertz CT molecular complexity index is 588. The SMILES string of the molecule is Cl.N=C(N)c1ccnc(N2Cc3ccccc3C2)n1. The van der Waals surface area contributed by atoms with E-state index in [1.54, 1.807) is 12.3 Å². The van der Waals surface area contributed by atoms with Crippen molar-refractivity contribution in [3.05, 3.63) is 53.3 Å². The Hall–Kier alpha value is -2.14. The van der Waals surface area contributed by atoms with E-state index in [1.165, 1.54) is 11.1 Å². The molecule has 0 amide bonds. The van der Waals surface area contributed by atoms with E-state index >= 15 is 0 Å². The standard InChI is InChI=1S/C13H13N5.ClH/c14-12(15)11-5-6-16-13(17-11)18-7-9-3-1-2-4-10(9)8-18;/h1-6H,7-8H2,(H3,14,15);1H. The van der Waals surface area contributed by atoms with Gasteiger partial charge in [-0.15, -0.1) is 12.4 Å². The highest BCUT2D eigenvalue weighted by atomic mass is 35.5. The van der Waals surface area contributed by atoms with Crippen LogP contribution >= 0.6 is 12.4 Å². The number of rotatable bonds is 2. The van der Waals surface area contributed by atoms with Crippen LogP contribution in [-0.2, 0) is 13.1 Å².